The number of hydrogen-bond acceptors (Lipinski definition) is 3. The van der Waals surface area contributed by atoms with Gasteiger partial charge in [0.2, 0.25) is 0 Å². The van der Waals surface area contributed by atoms with E-state index in [1.807, 2.05) is 24.3 Å². The van der Waals surface area contributed by atoms with Gasteiger partial charge in [-0.3, -0.25) is 4.79 Å². The van der Waals surface area contributed by atoms with Crippen LogP contribution < -0.4 is 11.1 Å². The van der Waals surface area contributed by atoms with Gasteiger partial charge >= 0.3 is 0 Å². The molecule has 0 unspecified atom stereocenters. The molecule has 6 nitrogen and oxygen atoms in total. The summed E-state index contributed by atoms with van der Waals surface area (Å²) >= 11 is 0. The molecule has 1 saturated heterocycles. The summed E-state index contributed by atoms with van der Waals surface area (Å²) in [6, 6.07) is 11.1. The molecule has 1 fully saturated rings. The molecule has 6 heteroatoms. The molecule has 1 aromatic heterocycles. The van der Waals surface area contributed by atoms with E-state index in [-0.39, 0.29) is 5.91 Å². The maximum absolute atomic E-state index is 12.3. The summed E-state index contributed by atoms with van der Waals surface area (Å²) in [4.78, 5) is 18.9. The number of nitrogens with one attached hydrogen (secondary N) is 1. The largest absolute Gasteiger partial charge is 0.467 e. The van der Waals surface area contributed by atoms with Crippen molar-refractivity contribution in [1.29, 1.82) is 0 Å². The maximum atomic E-state index is 12.3. The van der Waals surface area contributed by atoms with Crippen molar-refractivity contribution in [1.82, 2.24) is 10.2 Å². The fraction of sp³-hybridized carbons (Fsp3) is 0.368. The molecule has 0 bridgehead atoms. The Labute approximate surface area is 147 Å². The summed E-state index contributed by atoms with van der Waals surface area (Å²) < 4.78 is 5.22. The second-order valence-electron chi connectivity index (χ2n) is 6.18. The van der Waals surface area contributed by atoms with Gasteiger partial charge < -0.3 is 20.4 Å². The minimum Gasteiger partial charge on any atom is -0.467 e. The van der Waals surface area contributed by atoms with Crippen LogP contribution in [0.4, 0.5) is 0 Å². The minimum absolute atomic E-state index is 0.133. The summed E-state index contributed by atoms with van der Waals surface area (Å²) in [5, 5.41) is 2.84. The molecule has 3 rings (SSSR count). The molecule has 2 heterocycles. The van der Waals surface area contributed by atoms with Crippen LogP contribution in [0.25, 0.3) is 0 Å². The summed E-state index contributed by atoms with van der Waals surface area (Å²) in [6.45, 7) is 2.80. The van der Waals surface area contributed by atoms with Gasteiger partial charge in [0.15, 0.2) is 5.96 Å². The van der Waals surface area contributed by atoms with E-state index in [0.29, 0.717) is 24.6 Å². The Hall–Kier alpha value is -2.76. The highest BCUT2D eigenvalue weighted by atomic mass is 16.3. The number of likely N-dealkylation sites (tertiary alicyclic amines) is 1. The van der Waals surface area contributed by atoms with Crippen molar-refractivity contribution in [3.8, 4) is 0 Å². The smallest absolute Gasteiger partial charge is 0.251 e. The Morgan fingerprint density at radius 3 is 2.80 bits per heavy atom. The van der Waals surface area contributed by atoms with Gasteiger partial charge in [-0.1, -0.05) is 12.1 Å². The van der Waals surface area contributed by atoms with Crippen LogP contribution in [-0.4, -0.2) is 29.9 Å². The molecule has 0 radical (unpaired) electrons. The summed E-state index contributed by atoms with van der Waals surface area (Å²) in [5.41, 5.74) is 7.65. The molecule has 0 aliphatic carbocycles. The molecule has 3 N–H and O–H groups in total. The van der Waals surface area contributed by atoms with Gasteiger partial charge in [-0.05, 0) is 49.1 Å². The molecule has 132 valence electrons. The molecule has 1 aliphatic rings. The predicted molar refractivity (Wildman–Crippen MR) is 97.1 cm³/mol. The van der Waals surface area contributed by atoms with Crippen molar-refractivity contribution in [2.24, 2.45) is 10.7 Å². The molecule has 0 atom stereocenters. The molecule has 1 aliphatic heterocycles. The number of carbonyl (C=O) groups excluding carboxylic acids is 1. The summed E-state index contributed by atoms with van der Waals surface area (Å²) in [6.07, 6.45) is 5.19. The zero-order valence-corrected chi connectivity index (χ0v) is 14.3. The van der Waals surface area contributed by atoms with E-state index < -0.39 is 0 Å². The number of piperidine rings is 1. The summed E-state index contributed by atoms with van der Waals surface area (Å²) in [5.74, 6) is 1.18. The number of nitrogens with two attached hydrogens (primary N) is 1. The lowest BCUT2D eigenvalue weighted by molar-refractivity contribution is 0.0948. The SMILES string of the molecule is NC(=NCc1cccc(C(=O)NCc2ccco2)c1)N1CCCCC1. The van der Waals surface area contributed by atoms with Crippen LogP contribution in [0, 0.1) is 0 Å². The van der Waals surface area contributed by atoms with Gasteiger partial charge in [-0.2, -0.15) is 0 Å². The third kappa shape index (κ3) is 4.86. The Balaban J connectivity index is 1.57. The zero-order valence-electron chi connectivity index (χ0n) is 14.3. The second-order valence-corrected chi connectivity index (χ2v) is 6.18. The van der Waals surface area contributed by atoms with E-state index in [4.69, 9.17) is 10.2 Å². The van der Waals surface area contributed by atoms with Crippen LogP contribution in [0.3, 0.4) is 0 Å². The Kier molecular flexibility index (Phi) is 5.72. The van der Waals surface area contributed by atoms with Crippen LogP contribution in [0.15, 0.2) is 52.1 Å². The Morgan fingerprint density at radius 2 is 2.04 bits per heavy atom. The van der Waals surface area contributed by atoms with Crippen molar-refractivity contribution in [3.63, 3.8) is 0 Å². The number of guanidine groups is 1. The fourth-order valence-corrected chi connectivity index (χ4v) is 2.89. The minimum atomic E-state index is -0.133. The van der Waals surface area contributed by atoms with Crippen molar-refractivity contribution >= 4 is 11.9 Å². The van der Waals surface area contributed by atoms with Crippen molar-refractivity contribution in [3.05, 3.63) is 59.5 Å². The number of rotatable bonds is 5. The van der Waals surface area contributed by atoms with Crippen LogP contribution in [0.1, 0.15) is 40.9 Å². The van der Waals surface area contributed by atoms with Crippen LogP contribution in [0.5, 0.6) is 0 Å². The van der Waals surface area contributed by atoms with E-state index in [2.05, 4.69) is 15.2 Å². The van der Waals surface area contributed by atoms with Crippen molar-refractivity contribution in [2.45, 2.75) is 32.4 Å². The van der Waals surface area contributed by atoms with Gasteiger partial charge in [0.05, 0.1) is 19.4 Å². The molecule has 2 aromatic rings. The lowest BCUT2D eigenvalue weighted by Gasteiger charge is -2.27. The quantitative estimate of drug-likeness (QED) is 0.647. The number of carbonyl (C=O) groups is 1. The number of aliphatic imine (C=N–C) groups is 1. The first kappa shape index (κ1) is 17.1. The Morgan fingerprint density at radius 1 is 1.20 bits per heavy atom. The zero-order chi connectivity index (χ0) is 17.5. The van der Waals surface area contributed by atoms with E-state index >= 15 is 0 Å². The number of hydrogen-bond donors (Lipinski definition) is 2. The van der Waals surface area contributed by atoms with E-state index in [1.54, 1.807) is 18.4 Å². The van der Waals surface area contributed by atoms with Crippen molar-refractivity contribution < 1.29 is 9.21 Å². The molecule has 1 aromatic carbocycles. The topological polar surface area (TPSA) is 83.9 Å². The lowest BCUT2D eigenvalue weighted by atomic mass is 10.1. The van der Waals surface area contributed by atoms with Gasteiger partial charge in [0, 0.05) is 18.7 Å². The highest BCUT2D eigenvalue weighted by Gasteiger charge is 2.12. The highest BCUT2D eigenvalue weighted by molar-refractivity contribution is 5.94. The highest BCUT2D eigenvalue weighted by Crippen LogP contribution is 2.10. The third-order valence-electron chi connectivity index (χ3n) is 4.30. The number of amides is 1. The number of nitrogens with zero attached hydrogens (tertiary/aromatic N) is 2. The van der Waals surface area contributed by atoms with Gasteiger partial charge in [-0.25, -0.2) is 4.99 Å². The van der Waals surface area contributed by atoms with Crippen LogP contribution in [-0.2, 0) is 13.1 Å². The molecular formula is C19H24N4O2. The average molecular weight is 340 g/mol. The van der Waals surface area contributed by atoms with Gasteiger partial charge in [0.1, 0.15) is 5.76 Å². The third-order valence-corrected chi connectivity index (χ3v) is 4.30. The van der Waals surface area contributed by atoms with Crippen molar-refractivity contribution in [2.75, 3.05) is 13.1 Å². The Bertz CT molecular complexity index is 719. The molecule has 25 heavy (non-hydrogen) atoms. The number of benzene rings is 1. The normalized spacial score (nSPS) is 15.2. The standard InChI is InChI=1S/C19H24N4O2/c20-19(23-9-2-1-3-10-23)22-13-15-6-4-7-16(12-15)18(24)21-14-17-8-5-11-25-17/h4-8,11-12H,1-3,9-10,13-14H2,(H2,20,22)(H,21,24). The van der Waals surface area contributed by atoms with E-state index in [1.165, 1.54) is 19.3 Å². The maximum Gasteiger partial charge on any atom is 0.251 e. The average Bonchev–Trinajstić information content (AvgIpc) is 3.19. The predicted octanol–water partition coefficient (Wildman–Crippen LogP) is 2.51. The van der Waals surface area contributed by atoms with Gasteiger partial charge in [0.25, 0.3) is 5.91 Å². The first-order valence-corrected chi connectivity index (χ1v) is 8.67. The second kappa shape index (κ2) is 8.37. The summed E-state index contributed by atoms with van der Waals surface area (Å²) in [7, 11) is 0. The monoisotopic (exact) mass is 340 g/mol. The van der Waals surface area contributed by atoms with E-state index in [0.717, 1.165) is 24.4 Å². The van der Waals surface area contributed by atoms with Crippen LogP contribution in [0.2, 0.25) is 0 Å². The molecule has 0 saturated carbocycles. The van der Waals surface area contributed by atoms with E-state index in [9.17, 15) is 4.79 Å². The lowest BCUT2D eigenvalue weighted by Crippen LogP contribution is -2.40. The van der Waals surface area contributed by atoms with Gasteiger partial charge in [-0.15, -0.1) is 0 Å². The fourth-order valence-electron chi connectivity index (χ4n) is 2.89. The first-order chi connectivity index (χ1) is 12.2. The first-order valence-electron chi connectivity index (χ1n) is 8.67. The molecular weight excluding hydrogens is 316 g/mol. The number of furan rings is 1. The molecule has 0 spiro atoms. The van der Waals surface area contributed by atoms with Crippen LogP contribution >= 0.6 is 0 Å². The molecule has 1 amide bonds.